The fourth-order valence-corrected chi connectivity index (χ4v) is 3.22. The van der Waals surface area contributed by atoms with Gasteiger partial charge in [-0.3, -0.25) is 4.79 Å². The van der Waals surface area contributed by atoms with Crippen molar-refractivity contribution >= 4 is 23.3 Å². The van der Waals surface area contributed by atoms with Gasteiger partial charge >= 0.3 is 0 Å². The van der Waals surface area contributed by atoms with Crippen molar-refractivity contribution in [1.29, 1.82) is 0 Å². The molecular weight excluding hydrogens is 358 g/mol. The van der Waals surface area contributed by atoms with Crippen molar-refractivity contribution < 1.29 is 13.9 Å². The molecule has 0 unspecified atom stereocenters. The maximum Gasteiger partial charge on any atom is 0.247 e. The van der Waals surface area contributed by atoms with Crippen molar-refractivity contribution in [2.24, 2.45) is 0 Å². The molecule has 0 spiro atoms. The zero-order valence-corrected chi connectivity index (χ0v) is 15.7. The highest BCUT2D eigenvalue weighted by Crippen LogP contribution is 2.17. The molecule has 0 atom stereocenters. The fourth-order valence-electron chi connectivity index (χ4n) is 2.50. The van der Waals surface area contributed by atoms with Gasteiger partial charge in [0.2, 0.25) is 5.91 Å². The van der Waals surface area contributed by atoms with Gasteiger partial charge in [-0.1, -0.05) is 30.9 Å². The van der Waals surface area contributed by atoms with Crippen molar-refractivity contribution in [2.45, 2.75) is 13.1 Å². The Bertz CT molecular complexity index is 829. The van der Waals surface area contributed by atoms with Gasteiger partial charge in [0.15, 0.2) is 0 Å². The van der Waals surface area contributed by atoms with Crippen LogP contribution in [-0.4, -0.2) is 17.4 Å². The highest BCUT2D eigenvalue weighted by atomic mass is 32.1. The van der Waals surface area contributed by atoms with Gasteiger partial charge in [0.1, 0.15) is 18.1 Å². The lowest BCUT2D eigenvalue weighted by molar-refractivity contribution is -0.127. The molecule has 3 aromatic rings. The summed E-state index contributed by atoms with van der Waals surface area (Å²) in [5.41, 5.74) is 0.934. The molecule has 27 heavy (non-hydrogen) atoms. The minimum Gasteiger partial charge on any atom is -0.490 e. The summed E-state index contributed by atoms with van der Waals surface area (Å²) in [6.07, 6.45) is 6.72. The van der Waals surface area contributed by atoms with Crippen LogP contribution in [0.4, 0.5) is 0 Å². The van der Waals surface area contributed by atoms with Crippen LogP contribution in [0.2, 0.25) is 0 Å². The molecule has 0 aliphatic heterocycles. The number of hydrogen-bond acceptors (Lipinski definition) is 4. The summed E-state index contributed by atoms with van der Waals surface area (Å²) in [6, 6.07) is 15.3. The summed E-state index contributed by atoms with van der Waals surface area (Å²) in [7, 11) is 0. The van der Waals surface area contributed by atoms with Gasteiger partial charge in [0.25, 0.3) is 0 Å². The average Bonchev–Trinajstić information content (AvgIpc) is 3.39. The first-order valence-corrected chi connectivity index (χ1v) is 9.48. The average molecular weight is 379 g/mol. The number of nitrogens with zero attached hydrogens (tertiary/aromatic N) is 1. The molecule has 0 aliphatic carbocycles. The summed E-state index contributed by atoms with van der Waals surface area (Å²) in [4.78, 5) is 15.6. The maximum absolute atomic E-state index is 12.7. The van der Waals surface area contributed by atoms with Crippen molar-refractivity contribution in [3.63, 3.8) is 0 Å². The second kappa shape index (κ2) is 9.59. The highest BCUT2D eigenvalue weighted by molar-refractivity contribution is 7.09. The Kier molecular flexibility index (Phi) is 6.66. The third kappa shape index (κ3) is 5.72. The Morgan fingerprint density at radius 3 is 2.67 bits per heavy atom. The predicted octanol–water partition coefficient (Wildman–Crippen LogP) is 5.15. The Morgan fingerprint density at radius 2 is 2.00 bits per heavy atom. The Balaban J connectivity index is 1.67. The lowest BCUT2D eigenvalue weighted by atomic mass is 10.2. The molecule has 1 amide bonds. The normalized spacial score (nSPS) is 10.8. The van der Waals surface area contributed by atoms with E-state index in [0.29, 0.717) is 19.7 Å². The number of furan rings is 1. The molecule has 0 aliphatic rings. The van der Waals surface area contributed by atoms with E-state index >= 15 is 0 Å². The smallest absolute Gasteiger partial charge is 0.247 e. The highest BCUT2D eigenvalue weighted by Gasteiger charge is 2.14. The van der Waals surface area contributed by atoms with Crippen molar-refractivity contribution in [2.75, 3.05) is 6.61 Å². The minimum atomic E-state index is -0.0632. The van der Waals surface area contributed by atoms with Crippen LogP contribution < -0.4 is 4.74 Å². The number of rotatable bonds is 9. The summed E-state index contributed by atoms with van der Waals surface area (Å²) in [6.45, 7) is 5.08. The van der Waals surface area contributed by atoms with Crippen LogP contribution in [0, 0.1) is 0 Å². The number of carbonyl (C=O) groups excluding carboxylic acids is 1. The van der Waals surface area contributed by atoms with Crippen LogP contribution >= 0.6 is 11.3 Å². The van der Waals surface area contributed by atoms with Crippen LogP contribution in [0.3, 0.4) is 0 Å². The first-order chi connectivity index (χ1) is 13.2. The Labute approximate surface area is 163 Å². The number of thiophene rings is 1. The van der Waals surface area contributed by atoms with Gasteiger partial charge < -0.3 is 14.1 Å². The van der Waals surface area contributed by atoms with Gasteiger partial charge in [0, 0.05) is 11.0 Å². The first-order valence-electron chi connectivity index (χ1n) is 8.60. The molecule has 0 saturated heterocycles. The molecular formula is C22H21NO3S. The van der Waals surface area contributed by atoms with E-state index in [1.807, 2.05) is 60.0 Å². The number of benzene rings is 1. The van der Waals surface area contributed by atoms with Crippen molar-refractivity contribution in [1.82, 2.24) is 4.90 Å². The molecule has 4 nitrogen and oxygen atoms in total. The van der Waals surface area contributed by atoms with Crippen molar-refractivity contribution in [3.05, 3.63) is 95.1 Å². The van der Waals surface area contributed by atoms with Gasteiger partial charge in [-0.25, -0.2) is 0 Å². The van der Waals surface area contributed by atoms with Crippen LogP contribution in [0.15, 0.2) is 83.3 Å². The lowest BCUT2D eigenvalue weighted by Gasteiger charge is -2.19. The van der Waals surface area contributed by atoms with E-state index in [-0.39, 0.29) is 5.91 Å². The molecule has 2 aromatic heterocycles. The fraction of sp³-hybridized carbons (Fsp3) is 0.136. The second-order valence-corrected chi connectivity index (χ2v) is 6.89. The minimum absolute atomic E-state index is 0.0632. The molecule has 0 radical (unpaired) electrons. The quantitative estimate of drug-likeness (QED) is 0.381. The van der Waals surface area contributed by atoms with Gasteiger partial charge in [-0.2, -0.15) is 0 Å². The number of amides is 1. The summed E-state index contributed by atoms with van der Waals surface area (Å²) >= 11 is 1.63. The third-order valence-corrected chi connectivity index (χ3v) is 4.69. The van der Waals surface area contributed by atoms with Gasteiger partial charge in [-0.05, 0) is 47.4 Å². The van der Waals surface area contributed by atoms with E-state index in [1.54, 1.807) is 34.7 Å². The van der Waals surface area contributed by atoms with Crippen LogP contribution in [0.5, 0.6) is 5.75 Å². The SMILES string of the molecule is C=CCOc1ccc(/C=C/C(=O)N(Cc2ccco2)Cc2cccs2)cc1. The molecule has 1 aromatic carbocycles. The van der Waals surface area contributed by atoms with Crippen LogP contribution in [-0.2, 0) is 17.9 Å². The van der Waals surface area contributed by atoms with E-state index in [1.165, 1.54) is 0 Å². The van der Waals surface area contributed by atoms with Gasteiger partial charge in [-0.15, -0.1) is 11.3 Å². The topological polar surface area (TPSA) is 42.7 Å². The van der Waals surface area contributed by atoms with Crippen LogP contribution in [0.25, 0.3) is 6.08 Å². The summed E-state index contributed by atoms with van der Waals surface area (Å²) in [5.74, 6) is 1.47. The second-order valence-electron chi connectivity index (χ2n) is 5.86. The van der Waals surface area contributed by atoms with E-state index < -0.39 is 0 Å². The molecule has 0 N–H and O–H groups in total. The molecule has 5 heteroatoms. The van der Waals surface area contributed by atoms with E-state index in [4.69, 9.17) is 9.15 Å². The molecule has 0 bridgehead atoms. The van der Waals surface area contributed by atoms with Crippen molar-refractivity contribution in [3.8, 4) is 5.75 Å². The van der Waals surface area contributed by atoms with E-state index in [9.17, 15) is 4.79 Å². The zero-order valence-electron chi connectivity index (χ0n) is 14.9. The van der Waals surface area contributed by atoms with E-state index in [2.05, 4.69) is 6.58 Å². The molecule has 138 valence electrons. The van der Waals surface area contributed by atoms with E-state index in [0.717, 1.165) is 22.0 Å². The lowest BCUT2D eigenvalue weighted by Crippen LogP contribution is -2.27. The molecule has 3 rings (SSSR count). The number of carbonyl (C=O) groups is 1. The Morgan fingerprint density at radius 1 is 1.15 bits per heavy atom. The molecule has 0 fully saturated rings. The molecule has 2 heterocycles. The zero-order chi connectivity index (χ0) is 18.9. The van der Waals surface area contributed by atoms with Gasteiger partial charge in [0.05, 0.1) is 19.4 Å². The number of hydrogen-bond donors (Lipinski definition) is 0. The summed E-state index contributed by atoms with van der Waals surface area (Å²) in [5, 5.41) is 2.01. The van der Waals surface area contributed by atoms with Crippen LogP contribution in [0.1, 0.15) is 16.2 Å². The number of ether oxygens (including phenoxy) is 1. The third-order valence-electron chi connectivity index (χ3n) is 3.83. The predicted molar refractivity (Wildman–Crippen MR) is 108 cm³/mol. The maximum atomic E-state index is 12.7. The Hall–Kier alpha value is -3.05. The molecule has 0 saturated carbocycles. The monoisotopic (exact) mass is 379 g/mol. The summed E-state index contributed by atoms with van der Waals surface area (Å²) < 4.78 is 10.9. The first kappa shape index (κ1) is 18.7. The standard InChI is InChI=1S/C22H21NO3S/c1-2-13-25-19-10-7-18(8-11-19)9-12-22(24)23(16-20-5-3-14-26-20)17-21-6-4-15-27-21/h2-12,14-15H,1,13,16-17H2/b12-9+. The largest absolute Gasteiger partial charge is 0.490 e.